The maximum absolute atomic E-state index is 12.8. The monoisotopic (exact) mass is 347 g/mol. The Kier molecular flexibility index (Phi) is 6.51. The highest BCUT2D eigenvalue weighted by Crippen LogP contribution is 2.12. The number of rotatable bonds is 5. The molecular formula is C17H18FN3O2S. The number of halogens is 1. The van der Waals surface area contributed by atoms with Gasteiger partial charge in [-0.15, -0.1) is 0 Å². The van der Waals surface area contributed by atoms with E-state index in [1.807, 2.05) is 24.3 Å². The van der Waals surface area contributed by atoms with Gasteiger partial charge in [-0.25, -0.2) is 4.39 Å². The molecule has 2 aromatic carbocycles. The number of carbonyl (C=O) groups excluding carboxylic acids is 1. The van der Waals surface area contributed by atoms with Gasteiger partial charge in [-0.1, -0.05) is 19.1 Å². The molecule has 7 heteroatoms. The van der Waals surface area contributed by atoms with Crippen LogP contribution in [0.15, 0.2) is 48.5 Å². The highest BCUT2D eigenvalue weighted by Gasteiger charge is 2.04. The molecule has 2 aromatic rings. The second-order valence-corrected chi connectivity index (χ2v) is 5.33. The number of anilines is 1. The van der Waals surface area contributed by atoms with E-state index < -0.39 is 0 Å². The first-order valence-corrected chi connectivity index (χ1v) is 7.81. The summed E-state index contributed by atoms with van der Waals surface area (Å²) in [5.41, 5.74) is 6.77. The molecule has 0 unspecified atom stereocenters. The topological polar surface area (TPSA) is 62.4 Å². The van der Waals surface area contributed by atoms with Gasteiger partial charge in [0.15, 0.2) is 11.7 Å². The third kappa shape index (κ3) is 5.85. The first-order chi connectivity index (χ1) is 11.6. The van der Waals surface area contributed by atoms with E-state index in [0.717, 1.165) is 6.42 Å². The molecule has 3 N–H and O–H groups in total. The predicted molar refractivity (Wildman–Crippen MR) is 95.2 cm³/mol. The Hall–Kier alpha value is -2.67. The van der Waals surface area contributed by atoms with Crippen molar-refractivity contribution >= 4 is 28.9 Å². The van der Waals surface area contributed by atoms with E-state index in [-0.39, 0.29) is 23.4 Å². The van der Waals surface area contributed by atoms with Gasteiger partial charge < -0.3 is 10.1 Å². The third-order valence-corrected chi connectivity index (χ3v) is 3.32. The molecular weight excluding hydrogens is 329 g/mol. The van der Waals surface area contributed by atoms with Crippen molar-refractivity contribution < 1.29 is 13.9 Å². The maximum Gasteiger partial charge on any atom is 0.276 e. The number of ether oxygens (including phenoxy) is 1. The summed E-state index contributed by atoms with van der Waals surface area (Å²) in [6, 6.07) is 13.2. The maximum atomic E-state index is 12.8. The fourth-order valence-electron chi connectivity index (χ4n) is 1.83. The van der Waals surface area contributed by atoms with Crippen LogP contribution >= 0.6 is 12.2 Å². The SMILES string of the molecule is CCc1ccc(OCC(=O)NNC(=S)Nc2ccc(F)cc2)cc1. The summed E-state index contributed by atoms with van der Waals surface area (Å²) in [7, 11) is 0. The Morgan fingerprint density at radius 3 is 2.38 bits per heavy atom. The van der Waals surface area contributed by atoms with E-state index in [1.54, 1.807) is 0 Å². The molecule has 0 fully saturated rings. The highest BCUT2D eigenvalue weighted by atomic mass is 32.1. The fraction of sp³-hybridized carbons (Fsp3) is 0.176. The number of hydrogen-bond donors (Lipinski definition) is 3. The van der Waals surface area contributed by atoms with Crippen LogP contribution in [0, 0.1) is 5.82 Å². The number of hydrogen-bond acceptors (Lipinski definition) is 3. The summed E-state index contributed by atoms with van der Waals surface area (Å²) in [4.78, 5) is 11.7. The zero-order valence-electron chi connectivity index (χ0n) is 13.1. The molecule has 0 bridgehead atoms. The molecule has 1 amide bonds. The molecule has 0 spiro atoms. The molecule has 0 aliphatic rings. The second kappa shape index (κ2) is 8.83. The third-order valence-electron chi connectivity index (χ3n) is 3.12. The number of carbonyl (C=O) groups is 1. The van der Waals surface area contributed by atoms with Crippen LogP contribution in [0.25, 0.3) is 0 Å². The lowest BCUT2D eigenvalue weighted by Gasteiger charge is -2.12. The van der Waals surface area contributed by atoms with Gasteiger partial charge in [-0.2, -0.15) is 0 Å². The molecule has 0 atom stereocenters. The Labute approximate surface area is 145 Å². The van der Waals surface area contributed by atoms with E-state index in [2.05, 4.69) is 23.1 Å². The average Bonchev–Trinajstić information content (AvgIpc) is 2.60. The Morgan fingerprint density at radius 1 is 1.08 bits per heavy atom. The summed E-state index contributed by atoms with van der Waals surface area (Å²) < 4.78 is 18.2. The van der Waals surface area contributed by atoms with E-state index in [1.165, 1.54) is 29.8 Å². The number of nitrogens with one attached hydrogen (secondary N) is 3. The fourth-order valence-corrected chi connectivity index (χ4v) is 2.00. The molecule has 0 aromatic heterocycles. The minimum Gasteiger partial charge on any atom is -0.484 e. The summed E-state index contributed by atoms with van der Waals surface area (Å²) in [6.07, 6.45) is 0.948. The first kappa shape index (κ1) is 17.7. The Morgan fingerprint density at radius 2 is 1.75 bits per heavy atom. The number of thiocarbonyl (C=S) groups is 1. The lowest BCUT2D eigenvalue weighted by Crippen LogP contribution is -2.45. The van der Waals surface area contributed by atoms with Crippen LogP contribution in [0.2, 0.25) is 0 Å². The lowest BCUT2D eigenvalue weighted by atomic mass is 10.2. The Balaban J connectivity index is 1.70. The minimum atomic E-state index is -0.377. The molecule has 126 valence electrons. The van der Waals surface area contributed by atoms with Gasteiger partial charge in [0.05, 0.1) is 0 Å². The quantitative estimate of drug-likeness (QED) is 0.573. The molecule has 0 saturated carbocycles. The molecule has 0 heterocycles. The van der Waals surface area contributed by atoms with Crippen molar-refractivity contribution in [2.24, 2.45) is 0 Å². The van der Waals surface area contributed by atoms with Crippen LogP contribution < -0.4 is 20.9 Å². The number of amides is 1. The van der Waals surface area contributed by atoms with Crippen LogP contribution in [-0.2, 0) is 11.2 Å². The Bertz CT molecular complexity index is 690. The van der Waals surface area contributed by atoms with E-state index in [9.17, 15) is 9.18 Å². The molecule has 5 nitrogen and oxygen atoms in total. The predicted octanol–water partition coefficient (Wildman–Crippen LogP) is 2.78. The van der Waals surface area contributed by atoms with Crippen molar-refractivity contribution in [1.29, 1.82) is 0 Å². The normalized spacial score (nSPS) is 9.92. The van der Waals surface area contributed by atoms with E-state index in [0.29, 0.717) is 11.4 Å². The molecule has 0 radical (unpaired) electrons. The van der Waals surface area contributed by atoms with Gasteiger partial charge in [-0.05, 0) is 60.6 Å². The van der Waals surface area contributed by atoms with Crippen molar-refractivity contribution in [3.63, 3.8) is 0 Å². The van der Waals surface area contributed by atoms with Crippen molar-refractivity contribution in [2.75, 3.05) is 11.9 Å². The van der Waals surface area contributed by atoms with Crippen molar-refractivity contribution in [3.05, 3.63) is 59.9 Å². The number of benzene rings is 2. The van der Waals surface area contributed by atoms with Crippen LogP contribution in [0.1, 0.15) is 12.5 Å². The number of hydrazine groups is 1. The average molecular weight is 347 g/mol. The standard InChI is InChI=1S/C17H18FN3O2S/c1-2-12-3-9-15(10-4-12)23-11-16(22)20-21-17(24)19-14-7-5-13(18)6-8-14/h3-10H,2,11H2,1H3,(H,20,22)(H2,19,21,24). The van der Waals surface area contributed by atoms with Gasteiger partial charge in [0, 0.05) is 5.69 Å². The van der Waals surface area contributed by atoms with Gasteiger partial charge in [0.25, 0.3) is 5.91 Å². The van der Waals surface area contributed by atoms with Crippen molar-refractivity contribution in [2.45, 2.75) is 13.3 Å². The summed E-state index contributed by atoms with van der Waals surface area (Å²) in [6.45, 7) is 1.93. The molecule has 0 aliphatic carbocycles. The minimum absolute atomic E-state index is 0.141. The largest absolute Gasteiger partial charge is 0.484 e. The number of aryl methyl sites for hydroxylation is 1. The molecule has 2 rings (SSSR count). The van der Waals surface area contributed by atoms with Gasteiger partial charge in [0.1, 0.15) is 11.6 Å². The van der Waals surface area contributed by atoms with Crippen molar-refractivity contribution in [1.82, 2.24) is 10.9 Å². The van der Waals surface area contributed by atoms with Gasteiger partial charge >= 0.3 is 0 Å². The smallest absolute Gasteiger partial charge is 0.276 e. The second-order valence-electron chi connectivity index (χ2n) is 4.92. The highest BCUT2D eigenvalue weighted by molar-refractivity contribution is 7.80. The summed E-state index contributed by atoms with van der Waals surface area (Å²) >= 11 is 5.02. The summed E-state index contributed by atoms with van der Waals surface area (Å²) in [5.74, 6) is -0.0935. The molecule has 0 aliphatic heterocycles. The zero-order valence-corrected chi connectivity index (χ0v) is 14.0. The van der Waals surface area contributed by atoms with E-state index in [4.69, 9.17) is 17.0 Å². The first-order valence-electron chi connectivity index (χ1n) is 7.40. The van der Waals surface area contributed by atoms with Crippen molar-refractivity contribution in [3.8, 4) is 5.75 Å². The molecule has 0 saturated heterocycles. The van der Waals surface area contributed by atoms with E-state index >= 15 is 0 Å². The van der Waals surface area contributed by atoms with Crippen LogP contribution in [-0.4, -0.2) is 17.6 Å². The van der Waals surface area contributed by atoms with Gasteiger partial charge in [0.2, 0.25) is 0 Å². The van der Waals surface area contributed by atoms with Crippen LogP contribution in [0.5, 0.6) is 5.75 Å². The van der Waals surface area contributed by atoms with Crippen LogP contribution in [0.4, 0.5) is 10.1 Å². The lowest BCUT2D eigenvalue weighted by molar-refractivity contribution is -0.123. The van der Waals surface area contributed by atoms with Gasteiger partial charge in [-0.3, -0.25) is 15.6 Å². The molecule has 24 heavy (non-hydrogen) atoms. The van der Waals surface area contributed by atoms with Crippen LogP contribution in [0.3, 0.4) is 0 Å². The summed E-state index contributed by atoms with van der Waals surface area (Å²) in [5, 5.41) is 2.99. The zero-order chi connectivity index (χ0) is 17.4.